The number of likely N-dealkylation sites (tertiary alicyclic amines) is 2. The van der Waals surface area contributed by atoms with Gasteiger partial charge >= 0.3 is 0 Å². The van der Waals surface area contributed by atoms with Gasteiger partial charge < -0.3 is 15.1 Å². The Balaban J connectivity index is 1.79. The predicted octanol–water partition coefficient (Wildman–Crippen LogP) is 2.50. The second-order valence-corrected chi connectivity index (χ2v) is 8.43. The topological polar surface area (TPSA) is 69.7 Å². The lowest BCUT2D eigenvalue weighted by Crippen LogP contribution is -2.51. The predicted molar refractivity (Wildman–Crippen MR) is 107 cm³/mol. The van der Waals surface area contributed by atoms with Gasteiger partial charge in [0.05, 0.1) is 17.9 Å². The van der Waals surface area contributed by atoms with Crippen molar-refractivity contribution in [1.29, 1.82) is 0 Å². The molecule has 2 heterocycles. The Morgan fingerprint density at radius 3 is 2.52 bits per heavy atom. The van der Waals surface area contributed by atoms with Gasteiger partial charge in [0.25, 0.3) is 0 Å². The average molecular weight is 403 g/mol. The summed E-state index contributed by atoms with van der Waals surface area (Å²) in [5, 5.41) is 2.94. The Kier molecular flexibility index (Phi) is 6.55. The van der Waals surface area contributed by atoms with Crippen molar-refractivity contribution in [3.05, 3.63) is 35.6 Å². The lowest BCUT2D eigenvalue weighted by atomic mass is 9.83. The number of halogens is 1. The molecule has 2 fully saturated rings. The molecule has 2 aliphatic rings. The van der Waals surface area contributed by atoms with E-state index in [0.717, 1.165) is 18.4 Å². The maximum Gasteiger partial charge on any atom is 0.228 e. The van der Waals surface area contributed by atoms with Gasteiger partial charge in [0.15, 0.2) is 0 Å². The molecule has 0 spiro atoms. The summed E-state index contributed by atoms with van der Waals surface area (Å²) in [6.07, 6.45) is 2.33. The van der Waals surface area contributed by atoms with Crippen molar-refractivity contribution < 1.29 is 18.8 Å². The normalized spacial score (nSPS) is 25.3. The second kappa shape index (κ2) is 8.93. The van der Waals surface area contributed by atoms with Crippen LogP contribution in [0.4, 0.5) is 4.39 Å². The summed E-state index contributed by atoms with van der Waals surface area (Å²) in [6, 6.07) is 5.65. The van der Waals surface area contributed by atoms with Crippen LogP contribution in [-0.4, -0.2) is 53.7 Å². The van der Waals surface area contributed by atoms with Gasteiger partial charge in [-0.1, -0.05) is 12.1 Å². The number of nitrogens with zero attached hydrogens (tertiary/aromatic N) is 2. The van der Waals surface area contributed by atoms with E-state index in [2.05, 4.69) is 5.32 Å². The van der Waals surface area contributed by atoms with Gasteiger partial charge in [-0.2, -0.15) is 0 Å². The minimum atomic E-state index is -0.422. The highest BCUT2D eigenvalue weighted by Crippen LogP contribution is 2.37. The molecular weight excluding hydrogens is 373 g/mol. The number of nitrogens with one attached hydrogen (secondary N) is 1. The molecule has 0 aliphatic carbocycles. The fourth-order valence-corrected chi connectivity index (χ4v) is 4.44. The summed E-state index contributed by atoms with van der Waals surface area (Å²) >= 11 is 0. The molecule has 3 amide bonds. The fraction of sp³-hybridized carbons (Fsp3) is 0.591. The zero-order valence-electron chi connectivity index (χ0n) is 17.4. The highest BCUT2D eigenvalue weighted by molar-refractivity contribution is 5.86. The van der Waals surface area contributed by atoms with Crippen LogP contribution < -0.4 is 5.32 Å². The van der Waals surface area contributed by atoms with Crippen molar-refractivity contribution in [2.45, 2.75) is 51.6 Å². The van der Waals surface area contributed by atoms with Gasteiger partial charge in [-0.25, -0.2) is 4.39 Å². The molecule has 0 bridgehead atoms. The van der Waals surface area contributed by atoms with Gasteiger partial charge in [0.2, 0.25) is 17.7 Å². The van der Waals surface area contributed by atoms with Gasteiger partial charge in [-0.3, -0.25) is 14.4 Å². The maximum absolute atomic E-state index is 13.4. The molecule has 0 saturated carbocycles. The van der Waals surface area contributed by atoms with Crippen LogP contribution in [0.15, 0.2) is 24.3 Å². The Hall–Kier alpha value is -2.44. The standard InChI is InChI=1S/C22H30FN3O3/c1-14(2)24-21(28)16-5-4-12-26(13-16)22(29)18-10-11-19(27)25(3)20(18)15-6-8-17(23)9-7-15/h6-9,14,16,18,20H,4-5,10-13H2,1-3H3,(H,24,28). The molecule has 158 valence electrons. The summed E-state index contributed by atoms with van der Waals surface area (Å²) in [7, 11) is 1.70. The van der Waals surface area contributed by atoms with Gasteiger partial charge in [0.1, 0.15) is 5.82 Å². The Labute approximate surface area is 171 Å². The first-order valence-electron chi connectivity index (χ1n) is 10.4. The zero-order valence-corrected chi connectivity index (χ0v) is 17.4. The number of carbonyl (C=O) groups is 3. The summed E-state index contributed by atoms with van der Waals surface area (Å²) < 4.78 is 13.4. The molecule has 2 aliphatic heterocycles. The average Bonchev–Trinajstić information content (AvgIpc) is 2.70. The minimum Gasteiger partial charge on any atom is -0.354 e. The van der Waals surface area contributed by atoms with Crippen molar-refractivity contribution in [2.75, 3.05) is 20.1 Å². The third-order valence-electron chi connectivity index (χ3n) is 5.92. The Morgan fingerprint density at radius 2 is 1.86 bits per heavy atom. The van der Waals surface area contributed by atoms with Crippen LogP contribution in [0.5, 0.6) is 0 Å². The lowest BCUT2D eigenvalue weighted by molar-refractivity contribution is -0.148. The number of hydrogen-bond acceptors (Lipinski definition) is 3. The molecule has 0 radical (unpaired) electrons. The van der Waals surface area contributed by atoms with Gasteiger partial charge in [0, 0.05) is 32.6 Å². The smallest absolute Gasteiger partial charge is 0.228 e. The van der Waals surface area contributed by atoms with E-state index < -0.39 is 12.0 Å². The van der Waals surface area contributed by atoms with E-state index >= 15 is 0 Å². The van der Waals surface area contributed by atoms with E-state index in [9.17, 15) is 18.8 Å². The van der Waals surface area contributed by atoms with Crippen LogP contribution in [0.25, 0.3) is 0 Å². The number of rotatable bonds is 4. The third-order valence-corrected chi connectivity index (χ3v) is 5.92. The summed E-state index contributed by atoms with van der Waals surface area (Å²) in [4.78, 5) is 41.5. The number of amides is 3. The van der Waals surface area contributed by atoms with E-state index in [4.69, 9.17) is 0 Å². The number of carbonyl (C=O) groups excluding carboxylic acids is 3. The number of benzene rings is 1. The number of piperidine rings is 2. The van der Waals surface area contributed by atoms with E-state index in [-0.39, 0.29) is 35.5 Å². The van der Waals surface area contributed by atoms with Crippen LogP contribution in [-0.2, 0) is 14.4 Å². The molecule has 3 unspecified atom stereocenters. The first kappa shape index (κ1) is 21.3. The van der Waals surface area contributed by atoms with Crippen molar-refractivity contribution >= 4 is 17.7 Å². The summed E-state index contributed by atoms with van der Waals surface area (Å²) in [5.41, 5.74) is 0.756. The minimum absolute atomic E-state index is 0.0106. The SMILES string of the molecule is CC(C)NC(=O)C1CCCN(C(=O)C2CCC(=O)N(C)C2c2ccc(F)cc2)C1. The van der Waals surface area contributed by atoms with Crippen LogP contribution in [0.2, 0.25) is 0 Å². The molecule has 3 rings (SSSR count). The molecule has 3 atom stereocenters. The van der Waals surface area contributed by atoms with Gasteiger partial charge in [-0.15, -0.1) is 0 Å². The van der Waals surface area contributed by atoms with E-state index in [1.54, 1.807) is 29.0 Å². The summed E-state index contributed by atoms with van der Waals surface area (Å²) in [6.45, 7) is 4.87. The van der Waals surface area contributed by atoms with Crippen LogP contribution in [0.1, 0.15) is 51.1 Å². The van der Waals surface area contributed by atoms with Crippen LogP contribution in [0, 0.1) is 17.7 Å². The number of hydrogen-bond donors (Lipinski definition) is 1. The zero-order chi connectivity index (χ0) is 21.1. The van der Waals surface area contributed by atoms with Crippen LogP contribution >= 0.6 is 0 Å². The van der Waals surface area contributed by atoms with Gasteiger partial charge in [-0.05, 0) is 50.8 Å². The Bertz CT molecular complexity index is 765. The second-order valence-electron chi connectivity index (χ2n) is 8.43. The Morgan fingerprint density at radius 1 is 1.17 bits per heavy atom. The molecule has 29 heavy (non-hydrogen) atoms. The molecular formula is C22H30FN3O3. The fourth-order valence-electron chi connectivity index (χ4n) is 4.44. The first-order chi connectivity index (χ1) is 13.8. The van der Waals surface area contributed by atoms with Crippen molar-refractivity contribution in [3.63, 3.8) is 0 Å². The van der Waals surface area contributed by atoms with E-state index in [1.165, 1.54) is 12.1 Å². The lowest BCUT2D eigenvalue weighted by Gasteiger charge is -2.42. The van der Waals surface area contributed by atoms with Crippen LogP contribution in [0.3, 0.4) is 0 Å². The molecule has 0 aromatic heterocycles. The molecule has 1 aromatic rings. The monoisotopic (exact) mass is 403 g/mol. The van der Waals surface area contributed by atoms with Crippen molar-refractivity contribution in [2.24, 2.45) is 11.8 Å². The van der Waals surface area contributed by atoms with Crippen molar-refractivity contribution in [1.82, 2.24) is 15.1 Å². The molecule has 2 saturated heterocycles. The quantitative estimate of drug-likeness (QED) is 0.840. The largest absolute Gasteiger partial charge is 0.354 e. The van der Waals surface area contributed by atoms with E-state index in [0.29, 0.717) is 25.9 Å². The van der Waals surface area contributed by atoms with E-state index in [1.807, 2.05) is 13.8 Å². The third kappa shape index (κ3) is 4.77. The summed E-state index contributed by atoms with van der Waals surface area (Å²) in [5.74, 6) is -1.01. The highest BCUT2D eigenvalue weighted by atomic mass is 19.1. The van der Waals surface area contributed by atoms with Crippen molar-refractivity contribution in [3.8, 4) is 0 Å². The molecule has 1 aromatic carbocycles. The maximum atomic E-state index is 13.4. The first-order valence-corrected chi connectivity index (χ1v) is 10.4. The molecule has 7 heteroatoms. The highest BCUT2D eigenvalue weighted by Gasteiger charge is 2.41. The molecule has 6 nitrogen and oxygen atoms in total. The molecule has 1 N–H and O–H groups in total.